The molecular formula is C20H16ClN3O2. The van der Waals surface area contributed by atoms with Crippen LogP contribution in [0, 0.1) is 6.92 Å². The van der Waals surface area contributed by atoms with Crippen molar-refractivity contribution < 1.29 is 9.53 Å². The zero-order valence-corrected chi connectivity index (χ0v) is 14.8. The molecular weight excluding hydrogens is 350 g/mol. The summed E-state index contributed by atoms with van der Waals surface area (Å²) in [6.45, 7) is 1.89. The fraction of sp³-hybridized carbons (Fsp3) is 0.0500. The van der Waals surface area contributed by atoms with Crippen molar-refractivity contribution in [2.24, 2.45) is 0 Å². The average molecular weight is 366 g/mol. The van der Waals surface area contributed by atoms with Crippen molar-refractivity contribution in [2.75, 3.05) is 5.32 Å². The third kappa shape index (κ3) is 4.91. The summed E-state index contributed by atoms with van der Waals surface area (Å²) >= 11 is 5.84. The van der Waals surface area contributed by atoms with E-state index in [-0.39, 0.29) is 11.9 Å². The van der Waals surface area contributed by atoms with Gasteiger partial charge in [0.1, 0.15) is 5.75 Å². The van der Waals surface area contributed by atoms with Gasteiger partial charge in [-0.05, 0) is 60.5 Å². The maximum Gasteiger partial charge on any atom is 0.321 e. The van der Waals surface area contributed by atoms with Crippen LogP contribution in [0.2, 0.25) is 5.02 Å². The van der Waals surface area contributed by atoms with Crippen LogP contribution < -0.4 is 10.1 Å². The number of nitrogens with zero attached hydrogens (tertiary/aromatic N) is 2. The molecule has 0 aliphatic rings. The number of hydrogen-bond donors (Lipinski definition) is 1. The lowest BCUT2D eigenvalue weighted by Crippen LogP contribution is -2.08. The average Bonchev–Trinajstić information content (AvgIpc) is 2.64. The zero-order chi connectivity index (χ0) is 18.4. The summed E-state index contributed by atoms with van der Waals surface area (Å²) < 4.78 is 5.57. The zero-order valence-electron chi connectivity index (χ0n) is 14.0. The molecule has 0 aliphatic heterocycles. The molecule has 3 aromatic rings. The largest absolute Gasteiger partial charge is 0.424 e. The minimum atomic E-state index is -0.219. The number of amides is 1. The summed E-state index contributed by atoms with van der Waals surface area (Å²) in [5.74, 6) is 0.381. The first kappa shape index (κ1) is 17.6. The molecule has 0 bridgehead atoms. The van der Waals surface area contributed by atoms with E-state index in [4.69, 9.17) is 16.3 Å². The van der Waals surface area contributed by atoms with Crippen molar-refractivity contribution in [1.29, 1.82) is 0 Å². The van der Waals surface area contributed by atoms with Gasteiger partial charge < -0.3 is 10.1 Å². The Balaban J connectivity index is 1.64. The van der Waals surface area contributed by atoms with Gasteiger partial charge in [-0.1, -0.05) is 23.7 Å². The summed E-state index contributed by atoms with van der Waals surface area (Å²) in [5.41, 5.74) is 2.47. The van der Waals surface area contributed by atoms with Gasteiger partial charge in [-0.3, -0.25) is 4.79 Å². The summed E-state index contributed by atoms with van der Waals surface area (Å²) in [6, 6.07) is 14.6. The Kier molecular flexibility index (Phi) is 5.61. The number of hydrogen-bond acceptors (Lipinski definition) is 4. The fourth-order valence-corrected chi connectivity index (χ4v) is 2.33. The number of anilines is 1. The highest BCUT2D eigenvalue weighted by Crippen LogP contribution is 2.24. The molecule has 0 aliphatic carbocycles. The second kappa shape index (κ2) is 8.27. The van der Waals surface area contributed by atoms with Gasteiger partial charge in [0.05, 0.1) is 0 Å². The molecule has 0 saturated heterocycles. The van der Waals surface area contributed by atoms with Gasteiger partial charge in [0.15, 0.2) is 0 Å². The van der Waals surface area contributed by atoms with Crippen LogP contribution >= 0.6 is 11.6 Å². The topological polar surface area (TPSA) is 64.1 Å². The number of benzene rings is 2. The predicted molar refractivity (Wildman–Crippen MR) is 102 cm³/mol. The molecule has 0 saturated carbocycles. The highest BCUT2D eigenvalue weighted by atomic mass is 35.5. The van der Waals surface area contributed by atoms with E-state index in [1.165, 1.54) is 6.08 Å². The third-order valence-electron chi connectivity index (χ3n) is 3.50. The molecule has 0 fully saturated rings. The molecule has 2 aromatic carbocycles. The Bertz CT molecular complexity index is 926. The van der Waals surface area contributed by atoms with Crippen molar-refractivity contribution in [2.45, 2.75) is 6.92 Å². The van der Waals surface area contributed by atoms with Crippen LogP contribution in [-0.2, 0) is 4.79 Å². The monoisotopic (exact) mass is 365 g/mol. The van der Waals surface area contributed by atoms with Gasteiger partial charge in [-0.25, -0.2) is 9.97 Å². The third-order valence-corrected chi connectivity index (χ3v) is 3.76. The summed E-state index contributed by atoms with van der Waals surface area (Å²) in [5, 5.41) is 3.50. The Labute approximate surface area is 156 Å². The van der Waals surface area contributed by atoms with E-state index in [9.17, 15) is 4.79 Å². The molecule has 6 heteroatoms. The lowest BCUT2D eigenvalue weighted by Gasteiger charge is -2.09. The van der Waals surface area contributed by atoms with Crippen molar-refractivity contribution >= 4 is 29.3 Å². The number of halogens is 1. The molecule has 1 aromatic heterocycles. The van der Waals surface area contributed by atoms with E-state index in [1.807, 2.05) is 25.1 Å². The van der Waals surface area contributed by atoms with Crippen LogP contribution in [0.1, 0.15) is 11.1 Å². The maximum absolute atomic E-state index is 12.1. The van der Waals surface area contributed by atoms with Crippen molar-refractivity contribution in [3.63, 3.8) is 0 Å². The Hall–Kier alpha value is -3.18. The summed E-state index contributed by atoms with van der Waals surface area (Å²) in [4.78, 5) is 20.1. The predicted octanol–water partition coefficient (Wildman–Crippen LogP) is 4.88. The highest BCUT2D eigenvalue weighted by Gasteiger charge is 2.05. The van der Waals surface area contributed by atoms with Crippen molar-refractivity contribution in [3.05, 3.63) is 83.2 Å². The first-order valence-electron chi connectivity index (χ1n) is 7.90. The second-order valence-electron chi connectivity index (χ2n) is 5.48. The van der Waals surface area contributed by atoms with E-state index in [2.05, 4.69) is 15.3 Å². The molecule has 1 heterocycles. The molecule has 26 heavy (non-hydrogen) atoms. The maximum atomic E-state index is 12.1. The lowest BCUT2D eigenvalue weighted by molar-refractivity contribution is -0.111. The molecule has 130 valence electrons. The van der Waals surface area contributed by atoms with E-state index in [0.29, 0.717) is 16.5 Å². The number of aromatic nitrogens is 2. The number of aryl methyl sites for hydroxylation is 1. The van der Waals surface area contributed by atoms with Crippen LogP contribution in [0.15, 0.2) is 67.0 Å². The van der Waals surface area contributed by atoms with Crippen molar-refractivity contribution in [1.82, 2.24) is 9.97 Å². The van der Waals surface area contributed by atoms with E-state index in [1.54, 1.807) is 48.8 Å². The van der Waals surface area contributed by atoms with Gasteiger partial charge in [0.2, 0.25) is 5.91 Å². The molecule has 5 nitrogen and oxygen atoms in total. The van der Waals surface area contributed by atoms with E-state index < -0.39 is 0 Å². The number of carbonyl (C=O) groups is 1. The van der Waals surface area contributed by atoms with Gasteiger partial charge in [0.25, 0.3) is 0 Å². The minimum Gasteiger partial charge on any atom is -0.424 e. The fourth-order valence-electron chi connectivity index (χ4n) is 2.20. The molecule has 0 atom stereocenters. The van der Waals surface area contributed by atoms with Crippen LogP contribution in [0.3, 0.4) is 0 Å². The van der Waals surface area contributed by atoms with E-state index in [0.717, 1.165) is 11.1 Å². The normalized spacial score (nSPS) is 10.7. The summed E-state index contributed by atoms with van der Waals surface area (Å²) in [7, 11) is 0. The van der Waals surface area contributed by atoms with Gasteiger partial charge >= 0.3 is 6.01 Å². The van der Waals surface area contributed by atoms with Crippen LogP contribution in [0.5, 0.6) is 11.8 Å². The molecule has 1 N–H and O–H groups in total. The first-order chi connectivity index (χ1) is 12.6. The number of carbonyl (C=O) groups excluding carboxylic acids is 1. The van der Waals surface area contributed by atoms with Crippen LogP contribution in [-0.4, -0.2) is 15.9 Å². The molecule has 1 amide bonds. The molecule has 0 spiro atoms. The second-order valence-corrected chi connectivity index (χ2v) is 5.92. The quantitative estimate of drug-likeness (QED) is 0.654. The van der Waals surface area contributed by atoms with Gasteiger partial charge in [-0.2, -0.15) is 0 Å². The molecule has 0 unspecified atom stereocenters. The standard InChI is InChI=1S/C20H16ClN3O2/c1-14-13-17(26-20-22-11-2-12-23-20)8-9-18(14)24-19(25)10-5-15-3-6-16(21)7-4-15/h2-13H,1H3,(H,24,25). The number of nitrogens with one attached hydrogen (secondary N) is 1. The Morgan fingerprint density at radius 2 is 1.85 bits per heavy atom. The Morgan fingerprint density at radius 1 is 1.12 bits per heavy atom. The Morgan fingerprint density at radius 3 is 2.54 bits per heavy atom. The van der Waals surface area contributed by atoms with Crippen LogP contribution in [0.4, 0.5) is 5.69 Å². The van der Waals surface area contributed by atoms with Gasteiger partial charge in [-0.15, -0.1) is 0 Å². The van der Waals surface area contributed by atoms with Crippen LogP contribution in [0.25, 0.3) is 6.08 Å². The molecule has 3 rings (SSSR count). The highest BCUT2D eigenvalue weighted by molar-refractivity contribution is 6.30. The van der Waals surface area contributed by atoms with Crippen molar-refractivity contribution in [3.8, 4) is 11.8 Å². The van der Waals surface area contributed by atoms with Gasteiger partial charge in [0, 0.05) is 29.2 Å². The van der Waals surface area contributed by atoms with E-state index >= 15 is 0 Å². The minimum absolute atomic E-state index is 0.219. The first-order valence-corrected chi connectivity index (χ1v) is 8.28. The smallest absolute Gasteiger partial charge is 0.321 e. The lowest BCUT2D eigenvalue weighted by atomic mass is 10.2. The number of rotatable bonds is 5. The molecule has 0 radical (unpaired) electrons. The SMILES string of the molecule is Cc1cc(Oc2ncccn2)ccc1NC(=O)C=Cc1ccc(Cl)cc1. The number of ether oxygens (including phenoxy) is 1. The summed E-state index contributed by atoms with van der Waals surface area (Å²) in [6.07, 6.45) is 6.42.